The number of rotatable bonds is 3. The van der Waals surface area contributed by atoms with Crippen molar-refractivity contribution in [2.24, 2.45) is 0 Å². The van der Waals surface area contributed by atoms with Crippen LogP contribution < -0.4 is 4.74 Å². The summed E-state index contributed by atoms with van der Waals surface area (Å²) in [7, 11) is 0. The lowest BCUT2D eigenvalue weighted by atomic mass is 10.0. The fourth-order valence-corrected chi connectivity index (χ4v) is 1.77. The van der Waals surface area contributed by atoms with Crippen LogP contribution in [0.25, 0.3) is 0 Å². The van der Waals surface area contributed by atoms with Crippen molar-refractivity contribution in [1.29, 1.82) is 0 Å². The summed E-state index contributed by atoms with van der Waals surface area (Å²) in [6.45, 7) is 4.27. The molecular weight excluding hydrogens is 251 g/mol. The van der Waals surface area contributed by atoms with E-state index in [1.807, 2.05) is 24.3 Å². The van der Waals surface area contributed by atoms with Crippen LogP contribution in [0.1, 0.15) is 25.3 Å². The largest absolute Gasteiger partial charge is 0.457 e. The Kier molecular flexibility index (Phi) is 3.87. The van der Waals surface area contributed by atoms with Crippen LogP contribution >= 0.6 is 11.6 Å². The fraction of sp³-hybridized carbons (Fsp3) is 0.200. The Morgan fingerprint density at radius 3 is 2.17 bits per heavy atom. The highest BCUT2D eigenvalue weighted by atomic mass is 35.5. The Morgan fingerprint density at radius 2 is 1.61 bits per heavy atom. The van der Waals surface area contributed by atoms with Crippen molar-refractivity contribution in [3.8, 4) is 11.5 Å². The van der Waals surface area contributed by atoms with Crippen LogP contribution in [-0.2, 0) is 0 Å². The number of halogens is 2. The number of ether oxygens (including phenoxy) is 1. The summed E-state index contributed by atoms with van der Waals surface area (Å²) in [5.41, 5.74) is 1.25. The van der Waals surface area contributed by atoms with Crippen LogP contribution in [0.4, 0.5) is 4.39 Å². The van der Waals surface area contributed by atoms with Crippen LogP contribution in [0.15, 0.2) is 42.5 Å². The lowest BCUT2D eigenvalue weighted by Gasteiger charge is -2.09. The van der Waals surface area contributed by atoms with Crippen molar-refractivity contribution < 1.29 is 9.13 Å². The quantitative estimate of drug-likeness (QED) is 0.722. The molecule has 0 radical (unpaired) electrons. The first-order valence-electron chi connectivity index (χ1n) is 5.79. The van der Waals surface area contributed by atoms with Crippen molar-refractivity contribution >= 4 is 11.6 Å². The molecule has 0 saturated heterocycles. The molecule has 2 rings (SSSR count). The smallest absolute Gasteiger partial charge is 0.142 e. The van der Waals surface area contributed by atoms with Crippen LogP contribution in [0.5, 0.6) is 11.5 Å². The molecule has 0 spiro atoms. The average Bonchev–Trinajstić information content (AvgIpc) is 2.34. The van der Waals surface area contributed by atoms with E-state index in [1.54, 1.807) is 6.07 Å². The van der Waals surface area contributed by atoms with Gasteiger partial charge in [0.2, 0.25) is 0 Å². The van der Waals surface area contributed by atoms with Gasteiger partial charge in [-0.25, -0.2) is 4.39 Å². The van der Waals surface area contributed by atoms with E-state index in [0.717, 1.165) is 0 Å². The lowest BCUT2D eigenvalue weighted by Crippen LogP contribution is -1.88. The maximum absolute atomic E-state index is 13.0. The molecule has 2 aromatic rings. The van der Waals surface area contributed by atoms with Crippen molar-refractivity contribution in [3.05, 3.63) is 58.9 Å². The summed E-state index contributed by atoms with van der Waals surface area (Å²) >= 11 is 5.69. The molecule has 0 amide bonds. The first-order valence-corrected chi connectivity index (χ1v) is 6.17. The third-order valence-corrected chi connectivity index (χ3v) is 2.96. The molecule has 3 heteroatoms. The predicted molar refractivity (Wildman–Crippen MR) is 72.0 cm³/mol. The Bertz CT molecular complexity index is 535. The van der Waals surface area contributed by atoms with E-state index < -0.39 is 5.82 Å². The Morgan fingerprint density at radius 1 is 1.00 bits per heavy atom. The standard InChI is InChI=1S/C15H14ClFO/c1-10(2)11-3-5-12(6-4-11)18-13-7-8-15(17)14(16)9-13/h3-10H,1-2H3. The van der Waals surface area contributed by atoms with Gasteiger partial charge >= 0.3 is 0 Å². The molecule has 1 nitrogen and oxygen atoms in total. The van der Waals surface area contributed by atoms with E-state index in [0.29, 0.717) is 17.4 Å². The minimum Gasteiger partial charge on any atom is -0.457 e. The number of hydrogen-bond donors (Lipinski definition) is 0. The van der Waals surface area contributed by atoms with Crippen molar-refractivity contribution in [2.75, 3.05) is 0 Å². The van der Waals surface area contributed by atoms with E-state index in [1.165, 1.54) is 17.7 Å². The SMILES string of the molecule is CC(C)c1ccc(Oc2ccc(F)c(Cl)c2)cc1. The molecule has 2 aromatic carbocycles. The van der Waals surface area contributed by atoms with Crippen LogP contribution in [0.3, 0.4) is 0 Å². The van der Waals surface area contributed by atoms with Gasteiger partial charge in [-0.15, -0.1) is 0 Å². The molecule has 0 aliphatic carbocycles. The summed E-state index contributed by atoms with van der Waals surface area (Å²) in [6.07, 6.45) is 0. The first kappa shape index (κ1) is 12.9. The zero-order valence-corrected chi connectivity index (χ0v) is 11.0. The van der Waals surface area contributed by atoms with E-state index in [2.05, 4.69) is 13.8 Å². The molecule has 0 heterocycles. The van der Waals surface area contributed by atoms with E-state index in [4.69, 9.17) is 16.3 Å². The summed E-state index contributed by atoms with van der Waals surface area (Å²) in [6, 6.07) is 12.1. The zero-order chi connectivity index (χ0) is 13.1. The zero-order valence-electron chi connectivity index (χ0n) is 10.3. The Hall–Kier alpha value is -1.54. The van der Waals surface area contributed by atoms with Gasteiger partial charge in [0.05, 0.1) is 5.02 Å². The molecule has 0 atom stereocenters. The van der Waals surface area contributed by atoms with Crippen LogP contribution in [0, 0.1) is 5.82 Å². The molecule has 0 saturated carbocycles. The van der Waals surface area contributed by atoms with Crippen molar-refractivity contribution in [2.45, 2.75) is 19.8 Å². The van der Waals surface area contributed by atoms with Gasteiger partial charge in [0, 0.05) is 6.07 Å². The van der Waals surface area contributed by atoms with Crippen molar-refractivity contribution in [1.82, 2.24) is 0 Å². The average molecular weight is 265 g/mol. The number of benzene rings is 2. The molecule has 0 fully saturated rings. The maximum atomic E-state index is 13.0. The summed E-state index contributed by atoms with van der Waals surface area (Å²) in [4.78, 5) is 0. The monoisotopic (exact) mass is 264 g/mol. The molecule has 0 N–H and O–H groups in total. The normalized spacial score (nSPS) is 10.7. The van der Waals surface area contributed by atoms with Gasteiger partial charge in [-0.05, 0) is 35.7 Å². The molecule has 0 aromatic heterocycles. The second-order valence-electron chi connectivity index (χ2n) is 4.40. The minimum absolute atomic E-state index is 0.0614. The Labute approximate surface area is 111 Å². The molecule has 0 aliphatic heterocycles. The summed E-state index contributed by atoms with van der Waals surface area (Å²) in [5.74, 6) is 1.28. The molecule has 0 unspecified atom stereocenters. The third kappa shape index (κ3) is 3.02. The molecule has 18 heavy (non-hydrogen) atoms. The molecule has 0 bridgehead atoms. The van der Waals surface area contributed by atoms with Gasteiger partial charge in [-0.3, -0.25) is 0 Å². The molecule has 0 aliphatic rings. The van der Waals surface area contributed by atoms with Gasteiger partial charge in [-0.1, -0.05) is 37.6 Å². The third-order valence-electron chi connectivity index (χ3n) is 2.67. The first-order chi connectivity index (χ1) is 8.56. The summed E-state index contributed by atoms with van der Waals surface area (Å²) in [5, 5.41) is 0.0614. The van der Waals surface area contributed by atoms with Gasteiger partial charge in [0.25, 0.3) is 0 Å². The fourth-order valence-electron chi connectivity index (χ4n) is 1.60. The van der Waals surface area contributed by atoms with Crippen LogP contribution in [-0.4, -0.2) is 0 Å². The van der Waals surface area contributed by atoms with Crippen molar-refractivity contribution in [3.63, 3.8) is 0 Å². The number of hydrogen-bond acceptors (Lipinski definition) is 1. The molecule has 94 valence electrons. The van der Waals surface area contributed by atoms with Gasteiger partial charge < -0.3 is 4.74 Å². The van der Waals surface area contributed by atoms with E-state index in [9.17, 15) is 4.39 Å². The van der Waals surface area contributed by atoms with E-state index in [-0.39, 0.29) is 5.02 Å². The van der Waals surface area contributed by atoms with E-state index >= 15 is 0 Å². The maximum Gasteiger partial charge on any atom is 0.142 e. The molecular formula is C15H14ClFO. The van der Waals surface area contributed by atoms with Gasteiger partial charge in [-0.2, -0.15) is 0 Å². The van der Waals surface area contributed by atoms with Crippen LogP contribution in [0.2, 0.25) is 5.02 Å². The lowest BCUT2D eigenvalue weighted by molar-refractivity contribution is 0.480. The van der Waals surface area contributed by atoms with Gasteiger partial charge in [0.15, 0.2) is 0 Å². The highest BCUT2D eigenvalue weighted by Crippen LogP contribution is 2.27. The second-order valence-corrected chi connectivity index (χ2v) is 4.81. The van der Waals surface area contributed by atoms with Gasteiger partial charge in [0.1, 0.15) is 17.3 Å². The topological polar surface area (TPSA) is 9.23 Å². The summed E-state index contributed by atoms with van der Waals surface area (Å²) < 4.78 is 18.6. The highest BCUT2D eigenvalue weighted by molar-refractivity contribution is 6.30. The minimum atomic E-state index is -0.445. The predicted octanol–water partition coefficient (Wildman–Crippen LogP) is 5.39. The Balaban J connectivity index is 2.15. The highest BCUT2D eigenvalue weighted by Gasteiger charge is 2.04. The second kappa shape index (κ2) is 5.40.